The Morgan fingerprint density at radius 1 is 1.04 bits per heavy atom. The highest BCUT2D eigenvalue weighted by molar-refractivity contribution is 9.10. The molecule has 1 heterocycles. The van der Waals surface area contributed by atoms with E-state index in [1.165, 1.54) is 0 Å². The molecular weight excluding hydrogens is 390 g/mol. The summed E-state index contributed by atoms with van der Waals surface area (Å²) in [5.74, 6) is 0.0330. The van der Waals surface area contributed by atoms with Crippen LogP contribution in [0.25, 0.3) is 0 Å². The van der Waals surface area contributed by atoms with Crippen LogP contribution < -0.4 is 12.4 Å². The van der Waals surface area contributed by atoms with Crippen molar-refractivity contribution < 1.29 is 21.9 Å². The number of carbonyl (C=O) groups excluding carboxylic acids is 1. The summed E-state index contributed by atoms with van der Waals surface area (Å²) in [5, 5.41) is 0. The van der Waals surface area contributed by atoms with Crippen molar-refractivity contribution in [1.29, 1.82) is 0 Å². The maximum absolute atomic E-state index is 13.1. The molecule has 2 aromatic carbocycles. The largest absolute Gasteiger partial charge is 1.00 e. The van der Waals surface area contributed by atoms with Gasteiger partial charge in [-0.1, -0.05) is 58.4 Å². The first-order valence-electron chi connectivity index (χ1n) is 7.89. The Bertz CT molecular complexity index is 642. The number of ether oxygens (including phenoxy) is 1. The summed E-state index contributed by atoms with van der Waals surface area (Å²) in [5.41, 5.74) is 1.84. The van der Waals surface area contributed by atoms with Crippen LogP contribution in [0.3, 0.4) is 0 Å². The van der Waals surface area contributed by atoms with Crippen LogP contribution in [-0.2, 0) is 4.74 Å². The smallest absolute Gasteiger partial charge is 0.171 e. The van der Waals surface area contributed by atoms with Crippen molar-refractivity contribution in [3.8, 4) is 0 Å². The lowest BCUT2D eigenvalue weighted by Gasteiger charge is -2.30. The van der Waals surface area contributed by atoms with E-state index < -0.39 is 0 Å². The number of morpholine rings is 1. The summed E-state index contributed by atoms with van der Waals surface area (Å²) in [6, 6.07) is 17.7. The summed E-state index contributed by atoms with van der Waals surface area (Å²) in [4.78, 5) is 15.4. The van der Waals surface area contributed by atoms with Crippen LogP contribution in [0.2, 0.25) is 0 Å². The first-order valence-corrected chi connectivity index (χ1v) is 8.68. The van der Waals surface area contributed by atoms with Gasteiger partial charge in [-0.05, 0) is 17.7 Å². The quantitative estimate of drug-likeness (QED) is 0.683. The molecule has 128 valence electrons. The van der Waals surface area contributed by atoms with E-state index in [-0.39, 0.29) is 24.1 Å². The Kier molecular flexibility index (Phi) is 7.43. The number of benzene rings is 2. The minimum Gasteiger partial charge on any atom is -1.00 e. The minimum absolute atomic E-state index is 0. The van der Waals surface area contributed by atoms with Crippen molar-refractivity contribution in [2.24, 2.45) is 0 Å². The highest BCUT2D eigenvalue weighted by Gasteiger charge is 2.25. The van der Waals surface area contributed by atoms with Gasteiger partial charge < -0.3 is 17.1 Å². The second kappa shape index (κ2) is 9.33. The van der Waals surface area contributed by atoms with Crippen molar-refractivity contribution in [2.45, 2.75) is 5.92 Å². The SMILES string of the molecule is O=C(c1ccc(Br)cc1)C(CN1CCOCC1)c1ccccc1.[Cl-]. The Morgan fingerprint density at radius 2 is 1.67 bits per heavy atom. The lowest BCUT2D eigenvalue weighted by molar-refractivity contribution is -0.0000130. The monoisotopic (exact) mass is 408 g/mol. The van der Waals surface area contributed by atoms with E-state index in [2.05, 4.69) is 20.8 Å². The van der Waals surface area contributed by atoms with Gasteiger partial charge in [-0.15, -0.1) is 0 Å². The molecule has 0 saturated carbocycles. The Morgan fingerprint density at radius 3 is 2.29 bits per heavy atom. The molecule has 5 heteroatoms. The maximum atomic E-state index is 13.1. The van der Waals surface area contributed by atoms with Gasteiger partial charge in [-0.2, -0.15) is 0 Å². The molecule has 0 aliphatic carbocycles. The fourth-order valence-corrected chi connectivity index (χ4v) is 3.15. The van der Waals surface area contributed by atoms with Crippen LogP contribution in [-0.4, -0.2) is 43.5 Å². The van der Waals surface area contributed by atoms with Gasteiger partial charge in [0.25, 0.3) is 0 Å². The molecule has 1 saturated heterocycles. The van der Waals surface area contributed by atoms with Gasteiger partial charge >= 0.3 is 0 Å². The third kappa shape index (κ3) is 4.90. The van der Waals surface area contributed by atoms with E-state index in [4.69, 9.17) is 4.74 Å². The van der Waals surface area contributed by atoms with Gasteiger partial charge in [0.1, 0.15) is 0 Å². The zero-order valence-corrected chi connectivity index (χ0v) is 15.7. The molecule has 0 spiro atoms. The van der Waals surface area contributed by atoms with E-state index in [0.717, 1.165) is 48.4 Å². The van der Waals surface area contributed by atoms with Crippen LogP contribution >= 0.6 is 15.9 Å². The highest BCUT2D eigenvalue weighted by Crippen LogP contribution is 2.24. The number of Topliss-reactive ketones (excluding diaryl/α,β-unsaturated/α-hetero) is 1. The Hall–Kier alpha value is -1.20. The molecule has 0 amide bonds. The first kappa shape index (κ1) is 19.1. The van der Waals surface area contributed by atoms with E-state index in [1.807, 2.05) is 54.6 Å². The molecule has 0 bridgehead atoms. The average Bonchev–Trinajstić information content (AvgIpc) is 2.61. The zero-order valence-electron chi connectivity index (χ0n) is 13.3. The lowest BCUT2D eigenvalue weighted by atomic mass is 9.90. The van der Waals surface area contributed by atoms with Gasteiger partial charge in [0, 0.05) is 29.7 Å². The van der Waals surface area contributed by atoms with Gasteiger partial charge in [0.15, 0.2) is 5.78 Å². The number of hydrogen-bond donors (Lipinski definition) is 0. The van der Waals surface area contributed by atoms with Crippen LogP contribution in [0, 0.1) is 0 Å². The summed E-state index contributed by atoms with van der Waals surface area (Å²) in [6.07, 6.45) is 0. The molecule has 0 radical (unpaired) electrons. The van der Waals surface area contributed by atoms with Crippen LogP contribution in [0.1, 0.15) is 21.8 Å². The third-order valence-electron chi connectivity index (χ3n) is 4.19. The minimum atomic E-state index is -0.143. The van der Waals surface area contributed by atoms with Crippen LogP contribution in [0.15, 0.2) is 59.1 Å². The number of carbonyl (C=O) groups is 1. The van der Waals surface area contributed by atoms with Crippen molar-refractivity contribution >= 4 is 21.7 Å². The summed E-state index contributed by atoms with van der Waals surface area (Å²) in [7, 11) is 0. The first-order chi connectivity index (χ1) is 11.2. The molecule has 2 aromatic rings. The normalized spacial score (nSPS) is 16.2. The topological polar surface area (TPSA) is 29.5 Å². The standard InChI is InChI=1S/C19H20BrNO2.ClH/c20-17-8-6-16(7-9-17)19(22)18(15-4-2-1-3-5-15)14-21-10-12-23-13-11-21;/h1-9,18H,10-14H2;1H/p-1. The number of hydrogen-bond acceptors (Lipinski definition) is 3. The van der Waals surface area contributed by atoms with Gasteiger partial charge in [-0.25, -0.2) is 0 Å². The summed E-state index contributed by atoms with van der Waals surface area (Å²) >= 11 is 3.42. The molecule has 1 unspecified atom stereocenters. The Labute approximate surface area is 157 Å². The van der Waals surface area contributed by atoms with Crippen molar-refractivity contribution in [2.75, 3.05) is 32.8 Å². The maximum Gasteiger partial charge on any atom is 0.171 e. The number of rotatable bonds is 5. The predicted octanol–water partition coefficient (Wildman–Crippen LogP) is 0.752. The van der Waals surface area contributed by atoms with Gasteiger partial charge in [-0.3, -0.25) is 9.69 Å². The molecule has 24 heavy (non-hydrogen) atoms. The second-order valence-corrected chi connectivity index (χ2v) is 6.66. The molecule has 3 rings (SSSR count). The van der Waals surface area contributed by atoms with E-state index in [0.29, 0.717) is 0 Å². The molecule has 1 atom stereocenters. The summed E-state index contributed by atoms with van der Waals surface area (Å²) < 4.78 is 6.40. The molecular formula is C19H20BrClNO2-. The van der Waals surface area contributed by atoms with Crippen molar-refractivity contribution in [1.82, 2.24) is 4.90 Å². The lowest BCUT2D eigenvalue weighted by Crippen LogP contribution is -3.00. The molecule has 0 N–H and O–H groups in total. The molecule has 1 aliphatic rings. The summed E-state index contributed by atoms with van der Waals surface area (Å²) in [6.45, 7) is 4.00. The Balaban J connectivity index is 0.00000208. The fourth-order valence-electron chi connectivity index (χ4n) is 2.88. The number of halogens is 2. The number of ketones is 1. The predicted molar refractivity (Wildman–Crippen MR) is 94.9 cm³/mol. The van der Waals surface area contributed by atoms with Gasteiger partial charge in [0.05, 0.1) is 19.1 Å². The highest BCUT2D eigenvalue weighted by atomic mass is 79.9. The van der Waals surface area contributed by atoms with Crippen molar-refractivity contribution in [3.05, 3.63) is 70.2 Å². The van der Waals surface area contributed by atoms with E-state index in [9.17, 15) is 4.79 Å². The van der Waals surface area contributed by atoms with Crippen LogP contribution in [0.5, 0.6) is 0 Å². The molecule has 0 aromatic heterocycles. The van der Waals surface area contributed by atoms with Gasteiger partial charge in [0.2, 0.25) is 0 Å². The second-order valence-electron chi connectivity index (χ2n) is 5.75. The zero-order chi connectivity index (χ0) is 16.1. The molecule has 3 nitrogen and oxygen atoms in total. The third-order valence-corrected chi connectivity index (χ3v) is 4.72. The van der Waals surface area contributed by atoms with Crippen molar-refractivity contribution in [3.63, 3.8) is 0 Å². The average molecular weight is 410 g/mol. The van der Waals surface area contributed by atoms with E-state index in [1.54, 1.807) is 0 Å². The molecule has 1 fully saturated rings. The fraction of sp³-hybridized carbons (Fsp3) is 0.316. The van der Waals surface area contributed by atoms with E-state index >= 15 is 0 Å². The van der Waals surface area contributed by atoms with Crippen LogP contribution in [0.4, 0.5) is 0 Å². The molecule has 1 aliphatic heterocycles. The number of nitrogens with zero attached hydrogens (tertiary/aromatic N) is 1.